The van der Waals surface area contributed by atoms with Crippen LogP contribution >= 0.6 is 11.8 Å². The molecule has 1 aliphatic heterocycles. The topological polar surface area (TPSA) is 81.5 Å². The highest BCUT2D eigenvalue weighted by molar-refractivity contribution is 7.99. The van der Waals surface area contributed by atoms with E-state index in [0.717, 1.165) is 37.2 Å². The van der Waals surface area contributed by atoms with E-state index in [-0.39, 0.29) is 5.91 Å². The van der Waals surface area contributed by atoms with Gasteiger partial charge in [0.05, 0.1) is 32.1 Å². The Morgan fingerprint density at radius 2 is 1.97 bits per heavy atom. The van der Waals surface area contributed by atoms with E-state index in [1.165, 1.54) is 17.3 Å². The lowest BCUT2D eigenvalue weighted by Crippen LogP contribution is -2.38. The molecule has 0 saturated carbocycles. The van der Waals surface area contributed by atoms with Gasteiger partial charge in [-0.15, -0.1) is 10.2 Å². The number of anilines is 1. The van der Waals surface area contributed by atoms with Crippen molar-refractivity contribution in [3.05, 3.63) is 35.9 Å². The minimum Gasteiger partial charge on any atom is -0.380 e. The summed E-state index contributed by atoms with van der Waals surface area (Å²) in [5.41, 5.74) is 1.17. The lowest BCUT2D eigenvalue weighted by atomic mass is 10.1. The van der Waals surface area contributed by atoms with Gasteiger partial charge in [-0.3, -0.25) is 9.36 Å². The van der Waals surface area contributed by atoms with Crippen LogP contribution < -0.4 is 10.2 Å². The van der Waals surface area contributed by atoms with E-state index in [1.807, 2.05) is 18.2 Å². The number of carbonyl (C=O) groups is 1. The third-order valence-electron chi connectivity index (χ3n) is 4.92. The Kier molecular flexibility index (Phi) is 9.64. The molecule has 0 atom stereocenters. The molecule has 3 rings (SSSR count). The minimum absolute atomic E-state index is 0.0281. The van der Waals surface area contributed by atoms with E-state index < -0.39 is 0 Å². The van der Waals surface area contributed by atoms with Crippen LogP contribution in [-0.2, 0) is 20.8 Å². The number of hydrogen-bond donors (Lipinski definition) is 1. The average Bonchev–Trinajstić information content (AvgIpc) is 3.18. The second kappa shape index (κ2) is 12.7. The SMILES string of the molecule is CC(C)CCOCCNC(=O)CSc1nnc(N2CCOCC2)n1Cc1ccccc1. The molecule has 0 radical (unpaired) electrons. The smallest absolute Gasteiger partial charge is 0.230 e. The lowest BCUT2D eigenvalue weighted by molar-refractivity contribution is -0.118. The summed E-state index contributed by atoms with van der Waals surface area (Å²) in [5, 5.41) is 12.5. The monoisotopic (exact) mass is 447 g/mol. The predicted molar refractivity (Wildman–Crippen MR) is 123 cm³/mol. The Balaban J connectivity index is 1.54. The Morgan fingerprint density at radius 3 is 2.71 bits per heavy atom. The van der Waals surface area contributed by atoms with Crippen molar-refractivity contribution in [2.75, 3.05) is 56.7 Å². The number of aromatic nitrogens is 3. The Bertz CT molecular complexity index is 794. The van der Waals surface area contributed by atoms with Crippen molar-refractivity contribution in [2.45, 2.75) is 32.0 Å². The zero-order chi connectivity index (χ0) is 21.9. The molecule has 0 unspecified atom stereocenters. The molecule has 2 aromatic rings. The summed E-state index contributed by atoms with van der Waals surface area (Å²) < 4.78 is 13.1. The fourth-order valence-electron chi connectivity index (χ4n) is 3.15. The van der Waals surface area contributed by atoms with Gasteiger partial charge in [-0.25, -0.2) is 0 Å². The van der Waals surface area contributed by atoms with Crippen LogP contribution in [0, 0.1) is 5.92 Å². The molecule has 9 heteroatoms. The minimum atomic E-state index is -0.0281. The Hall–Kier alpha value is -2.10. The van der Waals surface area contributed by atoms with Crippen molar-refractivity contribution in [2.24, 2.45) is 5.92 Å². The van der Waals surface area contributed by atoms with Gasteiger partial charge in [0.1, 0.15) is 0 Å². The van der Waals surface area contributed by atoms with Crippen molar-refractivity contribution in [3.63, 3.8) is 0 Å². The van der Waals surface area contributed by atoms with Crippen molar-refractivity contribution in [1.82, 2.24) is 20.1 Å². The van der Waals surface area contributed by atoms with E-state index in [4.69, 9.17) is 9.47 Å². The highest BCUT2D eigenvalue weighted by Crippen LogP contribution is 2.24. The predicted octanol–water partition coefficient (Wildman–Crippen LogP) is 2.43. The zero-order valence-electron chi connectivity index (χ0n) is 18.5. The average molecular weight is 448 g/mol. The largest absolute Gasteiger partial charge is 0.380 e. The Labute approximate surface area is 188 Å². The van der Waals surface area contributed by atoms with Crippen molar-refractivity contribution in [3.8, 4) is 0 Å². The van der Waals surface area contributed by atoms with Crippen molar-refractivity contribution < 1.29 is 14.3 Å². The molecule has 8 nitrogen and oxygen atoms in total. The molecule has 2 heterocycles. The number of rotatable bonds is 12. The maximum atomic E-state index is 12.3. The third-order valence-corrected chi connectivity index (χ3v) is 5.88. The maximum absolute atomic E-state index is 12.3. The van der Waals surface area contributed by atoms with Gasteiger partial charge in [0, 0.05) is 26.2 Å². The maximum Gasteiger partial charge on any atom is 0.230 e. The fourth-order valence-corrected chi connectivity index (χ4v) is 3.92. The van der Waals surface area contributed by atoms with Gasteiger partial charge >= 0.3 is 0 Å². The lowest BCUT2D eigenvalue weighted by Gasteiger charge is -2.28. The highest BCUT2D eigenvalue weighted by Gasteiger charge is 2.21. The van der Waals surface area contributed by atoms with Crippen LogP contribution in [0.4, 0.5) is 5.95 Å². The van der Waals surface area contributed by atoms with Crippen molar-refractivity contribution in [1.29, 1.82) is 0 Å². The number of amides is 1. The third kappa shape index (κ3) is 7.83. The highest BCUT2D eigenvalue weighted by atomic mass is 32.2. The van der Waals surface area contributed by atoms with E-state index >= 15 is 0 Å². The molecular weight excluding hydrogens is 414 g/mol. The van der Waals surface area contributed by atoms with Gasteiger partial charge in [-0.05, 0) is 17.9 Å². The van der Waals surface area contributed by atoms with E-state index in [0.29, 0.717) is 44.6 Å². The molecule has 170 valence electrons. The van der Waals surface area contributed by atoms with E-state index in [9.17, 15) is 4.79 Å². The first kappa shape index (κ1) is 23.6. The first-order valence-electron chi connectivity index (χ1n) is 10.9. The summed E-state index contributed by atoms with van der Waals surface area (Å²) in [6, 6.07) is 10.2. The second-order valence-corrected chi connectivity index (χ2v) is 8.83. The van der Waals surface area contributed by atoms with Crippen LogP contribution in [0.3, 0.4) is 0 Å². The van der Waals surface area contributed by atoms with Crippen LogP contribution in [0.2, 0.25) is 0 Å². The number of hydrogen-bond acceptors (Lipinski definition) is 7. The van der Waals surface area contributed by atoms with Crippen LogP contribution in [0.15, 0.2) is 35.5 Å². The number of nitrogens with one attached hydrogen (secondary N) is 1. The molecule has 1 aromatic heterocycles. The standard InChI is InChI=1S/C22H33N5O3S/c1-18(2)8-12-29-13-9-23-20(28)17-31-22-25-24-21(26-10-14-30-15-11-26)27(22)16-19-6-4-3-5-7-19/h3-7,18H,8-17H2,1-2H3,(H,23,28). The number of ether oxygens (including phenoxy) is 2. The Morgan fingerprint density at radius 1 is 1.19 bits per heavy atom. The number of benzene rings is 1. The first-order valence-corrected chi connectivity index (χ1v) is 11.9. The van der Waals surface area contributed by atoms with Crippen LogP contribution in [-0.4, -0.2) is 72.5 Å². The molecule has 1 amide bonds. The summed E-state index contributed by atoms with van der Waals surface area (Å²) in [5.74, 6) is 1.72. The van der Waals surface area contributed by atoms with E-state index in [1.54, 1.807) is 0 Å². The molecule has 1 saturated heterocycles. The summed E-state index contributed by atoms with van der Waals surface area (Å²) in [7, 11) is 0. The van der Waals surface area contributed by atoms with Crippen LogP contribution in [0.1, 0.15) is 25.8 Å². The van der Waals surface area contributed by atoms with Crippen LogP contribution in [0.5, 0.6) is 0 Å². The number of morpholine rings is 1. The van der Waals surface area contributed by atoms with E-state index in [2.05, 4.69) is 51.0 Å². The normalized spacial score (nSPS) is 14.2. The fraction of sp³-hybridized carbons (Fsp3) is 0.591. The number of thioether (sulfide) groups is 1. The molecule has 1 fully saturated rings. The summed E-state index contributed by atoms with van der Waals surface area (Å²) in [4.78, 5) is 14.5. The first-order chi connectivity index (χ1) is 15.1. The number of nitrogens with zero attached hydrogens (tertiary/aromatic N) is 4. The molecule has 31 heavy (non-hydrogen) atoms. The van der Waals surface area contributed by atoms with Crippen LogP contribution in [0.25, 0.3) is 0 Å². The summed E-state index contributed by atoms with van der Waals surface area (Å²) in [6.07, 6.45) is 1.03. The van der Waals surface area contributed by atoms with Gasteiger partial charge in [0.15, 0.2) is 5.16 Å². The van der Waals surface area contributed by atoms with Gasteiger partial charge in [-0.2, -0.15) is 0 Å². The van der Waals surface area contributed by atoms with Gasteiger partial charge in [-0.1, -0.05) is 55.9 Å². The molecule has 1 N–H and O–H groups in total. The quantitative estimate of drug-likeness (QED) is 0.395. The summed E-state index contributed by atoms with van der Waals surface area (Å²) >= 11 is 1.41. The summed E-state index contributed by atoms with van der Waals surface area (Å²) in [6.45, 7) is 9.73. The second-order valence-electron chi connectivity index (χ2n) is 7.89. The van der Waals surface area contributed by atoms with Gasteiger partial charge in [0.25, 0.3) is 0 Å². The van der Waals surface area contributed by atoms with Crippen molar-refractivity contribution >= 4 is 23.6 Å². The molecule has 1 aliphatic rings. The molecule has 0 bridgehead atoms. The van der Waals surface area contributed by atoms with Gasteiger partial charge < -0.3 is 19.7 Å². The molecule has 1 aromatic carbocycles. The number of carbonyl (C=O) groups excluding carboxylic acids is 1. The zero-order valence-corrected chi connectivity index (χ0v) is 19.3. The molecule has 0 spiro atoms. The molecule has 0 aliphatic carbocycles. The van der Waals surface area contributed by atoms with Gasteiger partial charge in [0.2, 0.25) is 11.9 Å². The molecular formula is C22H33N5O3S.